The van der Waals surface area contributed by atoms with E-state index < -0.39 is 5.41 Å². The molecule has 0 saturated heterocycles. The van der Waals surface area contributed by atoms with Crippen LogP contribution < -0.4 is 0 Å². The molecule has 1 aromatic heterocycles. The molecule has 0 spiro atoms. The molecule has 0 fully saturated rings. The van der Waals surface area contributed by atoms with Crippen LogP contribution in [0.5, 0.6) is 0 Å². The molecule has 0 bridgehead atoms. The predicted octanol–water partition coefficient (Wildman–Crippen LogP) is 12.5. The maximum atomic E-state index is 9.09. The first kappa shape index (κ1) is 33.2. The van der Waals surface area contributed by atoms with E-state index in [1.807, 2.05) is 85.1 Å². The first-order chi connectivity index (χ1) is 27.7. The van der Waals surface area contributed by atoms with E-state index in [0.717, 1.165) is 44.2 Å². The smallest absolute Gasteiger partial charge is 0.161 e. The van der Waals surface area contributed by atoms with E-state index in [9.17, 15) is 0 Å². The Morgan fingerprint density at radius 3 is 1.84 bits per heavy atom. The van der Waals surface area contributed by atoms with Gasteiger partial charge >= 0.3 is 0 Å². The maximum absolute atomic E-state index is 9.09. The van der Waals surface area contributed by atoms with Crippen molar-refractivity contribution < 1.29 is 4.42 Å². The summed E-state index contributed by atoms with van der Waals surface area (Å²) in [6, 6.07) is 69.1. The van der Waals surface area contributed by atoms with E-state index in [2.05, 4.69) is 121 Å². The van der Waals surface area contributed by atoms with Gasteiger partial charge in [-0.3, -0.25) is 5.41 Å². The van der Waals surface area contributed by atoms with Crippen LogP contribution >= 0.6 is 0 Å². The molecule has 0 aliphatic heterocycles. The Labute approximate surface area is 325 Å². The highest BCUT2D eigenvalue weighted by Gasteiger charge is 2.46. The van der Waals surface area contributed by atoms with Gasteiger partial charge in [-0.2, -0.15) is 0 Å². The van der Waals surface area contributed by atoms with E-state index in [0.29, 0.717) is 11.4 Å². The number of furan rings is 1. The van der Waals surface area contributed by atoms with Crippen molar-refractivity contribution in [2.75, 3.05) is 0 Å². The Morgan fingerprint density at radius 1 is 0.500 bits per heavy atom. The zero-order valence-electron chi connectivity index (χ0n) is 30.4. The first-order valence-corrected chi connectivity index (χ1v) is 18.8. The van der Waals surface area contributed by atoms with Gasteiger partial charge in [-0.15, -0.1) is 0 Å². The number of nitrogens with zero attached hydrogens (tertiary/aromatic N) is 2. The molecule has 0 radical (unpaired) electrons. The molecule has 1 aliphatic rings. The summed E-state index contributed by atoms with van der Waals surface area (Å²) in [5.41, 5.74) is 13.0. The van der Waals surface area contributed by atoms with E-state index in [4.69, 9.17) is 19.8 Å². The number of aliphatic imine (C=N–C) groups is 2. The van der Waals surface area contributed by atoms with Crippen molar-refractivity contribution in [2.24, 2.45) is 9.98 Å². The molecule has 9 aromatic rings. The van der Waals surface area contributed by atoms with Crippen LogP contribution in [0.4, 0.5) is 0 Å². The van der Waals surface area contributed by atoms with E-state index in [1.165, 1.54) is 33.4 Å². The van der Waals surface area contributed by atoms with E-state index in [-0.39, 0.29) is 5.84 Å². The second-order valence-corrected chi connectivity index (χ2v) is 14.1. The summed E-state index contributed by atoms with van der Waals surface area (Å²) in [5.74, 6) is 0.590. The second kappa shape index (κ2) is 13.8. The molecule has 1 heterocycles. The Morgan fingerprint density at radius 2 is 1.11 bits per heavy atom. The number of hydrogen-bond acceptors (Lipinski definition) is 2. The number of fused-ring (bicyclic) bond motifs is 6. The minimum Gasteiger partial charge on any atom is -0.456 e. The Bertz CT molecular complexity index is 2930. The summed E-state index contributed by atoms with van der Waals surface area (Å²) >= 11 is 0. The molecular formula is C52H35N3O. The minimum absolute atomic E-state index is 0.138. The fourth-order valence-corrected chi connectivity index (χ4v) is 8.44. The molecule has 56 heavy (non-hydrogen) atoms. The average Bonchev–Trinajstić information content (AvgIpc) is 3.80. The summed E-state index contributed by atoms with van der Waals surface area (Å²) in [7, 11) is 0. The molecule has 4 heteroatoms. The molecule has 0 unspecified atom stereocenters. The fraction of sp³-hybridized carbons (Fsp3) is 0.0192. The Balaban J connectivity index is 1.12. The van der Waals surface area contributed by atoms with Crippen molar-refractivity contribution in [1.29, 1.82) is 5.41 Å². The van der Waals surface area contributed by atoms with Gasteiger partial charge in [-0.25, -0.2) is 9.98 Å². The molecule has 8 aromatic carbocycles. The molecule has 0 atom stereocenters. The highest BCUT2D eigenvalue weighted by Crippen LogP contribution is 2.56. The number of benzene rings is 8. The lowest BCUT2D eigenvalue weighted by atomic mass is 9.67. The summed E-state index contributed by atoms with van der Waals surface area (Å²) in [5, 5.41) is 11.1. The van der Waals surface area contributed by atoms with Crippen LogP contribution in [0.15, 0.2) is 215 Å². The number of nitrogens with one attached hydrogen (secondary N) is 1. The molecule has 0 amide bonds. The van der Waals surface area contributed by atoms with Crippen LogP contribution in [0.2, 0.25) is 0 Å². The lowest BCUT2D eigenvalue weighted by Crippen LogP contribution is -2.28. The third-order valence-electron chi connectivity index (χ3n) is 10.9. The number of hydrogen-bond donors (Lipinski definition) is 1. The quantitative estimate of drug-likeness (QED) is 0.135. The largest absolute Gasteiger partial charge is 0.456 e. The maximum Gasteiger partial charge on any atom is 0.161 e. The van der Waals surface area contributed by atoms with Crippen LogP contribution in [-0.2, 0) is 5.41 Å². The van der Waals surface area contributed by atoms with Gasteiger partial charge in [-0.1, -0.05) is 176 Å². The normalized spacial score (nSPS) is 13.2. The molecule has 0 saturated carbocycles. The zero-order valence-corrected chi connectivity index (χ0v) is 30.4. The topological polar surface area (TPSA) is 61.7 Å². The van der Waals surface area contributed by atoms with Crippen LogP contribution in [0, 0.1) is 5.41 Å². The van der Waals surface area contributed by atoms with Crippen LogP contribution in [-0.4, -0.2) is 17.9 Å². The van der Waals surface area contributed by atoms with Gasteiger partial charge in [0.1, 0.15) is 11.2 Å². The molecule has 10 rings (SSSR count). The van der Waals surface area contributed by atoms with Gasteiger partial charge < -0.3 is 4.42 Å². The summed E-state index contributed by atoms with van der Waals surface area (Å²) < 4.78 is 6.52. The van der Waals surface area contributed by atoms with Gasteiger partial charge in [0.25, 0.3) is 0 Å². The summed E-state index contributed by atoms with van der Waals surface area (Å²) in [6.45, 7) is 0. The van der Waals surface area contributed by atoms with E-state index >= 15 is 0 Å². The molecule has 1 aliphatic carbocycles. The van der Waals surface area contributed by atoms with Gasteiger partial charge in [0.15, 0.2) is 11.7 Å². The molecule has 4 nitrogen and oxygen atoms in total. The number of rotatable bonds is 6. The summed E-state index contributed by atoms with van der Waals surface area (Å²) in [4.78, 5) is 9.84. The second-order valence-electron chi connectivity index (χ2n) is 14.1. The lowest BCUT2D eigenvalue weighted by molar-refractivity contribution is 0.668. The average molecular weight is 718 g/mol. The molecule has 264 valence electrons. The van der Waals surface area contributed by atoms with Crippen molar-refractivity contribution in [2.45, 2.75) is 5.41 Å². The van der Waals surface area contributed by atoms with Crippen LogP contribution in [0.1, 0.15) is 38.9 Å². The SMILES string of the molecule is N=C(N=C(N=Cc1cccc2oc3ccc(C4(c5ccccc5)c5ccccc5-c5ccccc54)cc3c12)c1ccccc1)c1cccc(-c2ccccc2)c1. The molecule has 1 N–H and O–H groups in total. The monoisotopic (exact) mass is 717 g/mol. The standard InChI is InChI=1S/C52H35N3O/c53-50(38-21-14-20-37(32-38)35-16-4-1-5-17-35)55-51(36-18-6-2-7-19-36)54-34-39-22-15-29-48-49(39)44-33-41(30-31-47(44)56-48)52(40-23-8-3-9-24-40)45-27-12-10-25-42(45)43-26-11-13-28-46(43)52/h1-34,53H. The van der Waals surface area contributed by atoms with Gasteiger partial charge in [-0.05, 0) is 68.8 Å². The minimum atomic E-state index is -0.527. The third kappa shape index (κ3) is 5.50. The van der Waals surface area contributed by atoms with E-state index in [1.54, 1.807) is 0 Å². The summed E-state index contributed by atoms with van der Waals surface area (Å²) in [6.07, 6.45) is 1.86. The van der Waals surface area contributed by atoms with Crippen molar-refractivity contribution in [1.82, 2.24) is 0 Å². The Kier molecular flexibility index (Phi) is 8.15. The van der Waals surface area contributed by atoms with Crippen molar-refractivity contribution >= 4 is 39.8 Å². The van der Waals surface area contributed by atoms with Gasteiger partial charge in [0, 0.05) is 33.7 Å². The zero-order chi connectivity index (χ0) is 37.5. The van der Waals surface area contributed by atoms with Crippen LogP contribution in [0.25, 0.3) is 44.2 Å². The highest BCUT2D eigenvalue weighted by atomic mass is 16.3. The van der Waals surface area contributed by atoms with Crippen molar-refractivity contribution in [3.8, 4) is 22.3 Å². The van der Waals surface area contributed by atoms with Gasteiger partial charge in [0.05, 0.1) is 5.41 Å². The predicted molar refractivity (Wildman–Crippen MR) is 230 cm³/mol. The third-order valence-corrected chi connectivity index (χ3v) is 10.9. The van der Waals surface area contributed by atoms with Crippen molar-refractivity contribution in [3.05, 3.63) is 239 Å². The first-order valence-electron chi connectivity index (χ1n) is 18.8. The highest BCUT2D eigenvalue weighted by molar-refractivity contribution is 6.17. The molecular weight excluding hydrogens is 683 g/mol. The fourth-order valence-electron chi connectivity index (χ4n) is 8.44. The van der Waals surface area contributed by atoms with Crippen molar-refractivity contribution in [3.63, 3.8) is 0 Å². The lowest BCUT2D eigenvalue weighted by Gasteiger charge is -2.33. The van der Waals surface area contributed by atoms with Gasteiger partial charge in [0.2, 0.25) is 0 Å². The number of amidine groups is 2. The van der Waals surface area contributed by atoms with Crippen LogP contribution in [0.3, 0.4) is 0 Å². The Hall–Kier alpha value is -7.43.